The van der Waals surface area contributed by atoms with E-state index in [1.165, 1.54) is 11.1 Å². The molecule has 0 aliphatic carbocycles. The van der Waals surface area contributed by atoms with Crippen molar-refractivity contribution in [2.45, 2.75) is 19.2 Å². The van der Waals surface area contributed by atoms with Crippen LogP contribution in [0.1, 0.15) is 27.6 Å². The van der Waals surface area contributed by atoms with Gasteiger partial charge in [0.05, 0.1) is 5.38 Å². The van der Waals surface area contributed by atoms with Crippen LogP contribution >= 0.6 is 39.1 Å². The van der Waals surface area contributed by atoms with Crippen molar-refractivity contribution >= 4 is 39.1 Å². The summed E-state index contributed by atoms with van der Waals surface area (Å²) in [6.45, 7) is 4.13. The standard InChI is InChI=1S/C15H13BrCl2/c1-9-3-4-10(2)13(7-9)15(18)12-6-5-11(16)8-14(12)17/h3-8,15H,1-2H3. The summed E-state index contributed by atoms with van der Waals surface area (Å²) in [5.41, 5.74) is 4.44. The summed E-state index contributed by atoms with van der Waals surface area (Å²) in [5.74, 6) is 0. The zero-order chi connectivity index (χ0) is 13.3. The van der Waals surface area contributed by atoms with Gasteiger partial charge < -0.3 is 0 Å². The molecule has 0 aliphatic heterocycles. The first-order valence-electron chi connectivity index (χ1n) is 5.65. The highest BCUT2D eigenvalue weighted by atomic mass is 79.9. The fourth-order valence-corrected chi connectivity index (χ4v) is 3.17. The van der Waals surface area contributed by atoms with Crippen LogP contribution in [0.25, 0.3) is 0 Å². The number of aryl methyl sites for hydroxylation is 2. The molecule has 0 saturated heterocycles. The monoisotopic (exact) mass is 342 g/mol. The Morgan fingerprint density at radius 3 is 2.39 bits per heavy atom. The maximum Gasteiger partial charge on any atom is 0.0852 e. The van der Waals surface area contributed by atoms with E-state index in [4.69, 9.17) is 23.2 Å². The third kappa shape index (κ3) is 2.90. The first-order chi connectivity index (χ1) is 8.49. The molecule has 0 fully saturated rings. The summed E-state index contributed by atoms with van der Waals surface area (Å²) in [6.07, 6.45) is 0. The minimum absolute atomic E-state index is 0.217. The molecule has 0 aromatic heterocycles. The average molecular weight is 344 g/mol. The van der Waals surface area contributed by atoms with Gasteiger partial charge in [0.25, 0.3) is 0 Å². The predicted molar refractivity (Wildman–Crippen MR) is 82.8 cm³/mol. The zero-order valence-electron chi connectivity index (χ0n) is 10.2. The Bertz CT molecular complexity index is 579. The summed E-state index contributed by atoms with van der Waals surface area (Å²) < 4.78 is 0.959. The SMILES string of the molecule is Cc1ccc(C)c(C(Cl)c2ccc(Br)cc2Cl)c1. The summed E-state index contributed by atoms with van der Waals surface area (Å²) in [5, 5.41) is 0.468. The van der Waals surface area contributed by atoms with Gasteiger partial charge in [0.1, 0.15) is 0 Å². The molecule has 0 nitrogen and oxygen atoms in total. The lowest BCUT2D eigenvalue weighted by molar-refractivity contribution is 1.10. The van der Waals surface area contributed by atoms with Crippen LogP contribution in [0.5, 0.6) is 0 Å². The fraction of sp³-hybridized carbons (Fsp3) is 0.200. The second-order valence-electron chi connectivity index (χ2n) is 4.39. The van der Waals surface area contributed by atoms with Gasteiger partial charge in [-0.2, -0.15) is 0 Å². The van der Waals surface area contributed by atoms with Crippen LogP contribution in [-0.2, 0) is 0 Å². The van der Waals surface area contributed by atoms with Gasteiger partial charge in [-0.1, -0.05) is 57.4 Å². The molecule has 0 aliphatic rings. The van der Waals surface area contributed by atoms with Gasteiger partial charge in [-0.15, -0.1) is 11.6 Å². The van der Waals surface area contributed by atoms with Crippen LogP contribution in [0.4, 0.5) is 0 Å². The lowest BCUT2D eigenvalue weighted by Crippen LogP contribution is -1.98. The van der Waals surface area contributed by atoms with E-state index in [1.54, 1.807) is 0 Å². The van der Waals surface area contributed by atoms with E-state index in [1.807, 2.05) is 18.2 Å². The normalized spacial score (nSPS) is 12.5. The van der Waals surface area contributed by atoms with Gasteiger partial charge in [0.2, 0.25) is 0 Å². The third-order valence-electron chi connectivity index (χ3n) is 2.94. The Morgan fingerprint density at radius 2 is 1.72 bits per heavy atom. The molecule has 3 heteroatoms. The Labute approximate surface area is 126 Å². The molecule has 0 saturated carbocycles. The molecule has 2 rings (SSSR count). The number of halogens is 3. The first-order valence-corrected chi connectivity index (χ1v) is 7.26. The molecule has 94 valence electrons. The van der Waals surface area contributed by atoms with E-state index < -0.39 is 0 Å². The van der Waals surface area contributed by atoms with E-state index in [0.29, 0.717) is 5.02 Å². The number of benzene rings is 2. The quantitative estimate of drug-likeness (QED) is 0.582. The van der Waals surface area contributed by atoms with Crippen molar-refractivity contribution in [2.24, 2.45) is 0 Å². The number of alkyl halides is 1. The highest BCUT2D eigenvalue weighted by Crippen LogP contribution is 2.36. The summed E-state index contributed by atoms with van der Waals surface area (Å²) in [7, 11) is 0. The molecule has 0 amide bonds. The maximum absolute atomic E-state index is 6.57. The molecule has 1 atom stereocenters. The second-order valence-corrected chi connectivity index (χ2v) is 6.15. The van der Waals surface area contributed by atoms with Crippen LogP contribution in [0, 0.1) is 13.8 Å². The van der Waals surface area contributed by atoms with Gasteiger partial charge in [0, 0.05) is 9.50 Å². The molecule has 18 heavy (non-hydrogen) atoms. The topological polar surface area (TPSA) is 0 Å². The maximum atomic E-state index is 6.57. The van der Waals surface area contributed by atoms with Gasteiger partial charge in [-0.3, -0.25) is 0 Å². The Kier molecular flexibility index (Phi) is 4.37. The van der Waals surface area contributed by atoms with E-state index >= 15 is 0 Å². The predicted octanol–water partition coefficient (Wildman–Crippen LogP) is 6.05. The van der Waals surface area contributed by atoms with Gasteiger partial charge in [-0.05, 0) is 42.7 Å². The third-order valence-corrected chi connectivity index (χ3v) is 4.23. The Morgan fingerprint density at radius 1 is 1.00 bits per heavy atom. The van der Waals surface area contributed by atoms with Crippen molar-refractivity contribution in [1.29, 1.82) is 0 Å². The van der Waals surface area contributed by atoms with Gasteiger partial charge >= 0.3 is 0 Å². The Balaban J connectivity index is 2.47. The molecule has 0 bridgehead atoms. The number of hydrogen-bond acceptors (Lipinski definition) is 0. The summed E-state index contributed by atoms with van der Waals surface area (Å²) >= 11 is 16.2. The molecule has 2 aromatic carbocycles. The molecule has 0 radical (unpaired) electrons. The molecule has 2 aromatic rings. The zero-order valence-corrected chi connectivity index (χ0v) is 13.3. The average Bonchev–Trinajstić information content (AvgIpc) is 2.31. The van der Waals surface area contributed by atoms with Crippen molar-refractivity contribution in [3.63, 3.8) is 0 Å². The van der Waals surface area contributed by atoms with Gasteiger partial charge in [-0.25, -0.2) is 0 Å². The van der Waals surface area contributed by atoms with E-state index in [0.717, 1.165) is 15.6 Å². The van der Waals surface area contributed by atoms with Crippen molar-refractivity contribution in [3.05, 3.63) is 68.1 Å². The van der Waals surface area contributed by atoms with Crippen molar-refractivity contribution in [3.8, 4) is 0 Å². The lowest BCUT2D eigenvalue weighted by atomic mass is 9.98. The Hall–Kier alpha value is -0.500. The van der Waals surface area contributed by atoms with Crippen molar-refractivity contribution < 1.29 is 0 Å². The first kappa shape index (κ1) is 13.9. The molecule has 0 N–H and O–H groups in total. The molecule has 1 unspecified atom stereocenters. The van der Waals surface area contributed by atoms with Crippen LogP contribution in [0.15, 0.2) is 40.9 Å². The van der Waals surface area contributed by atoms with E-state index in [-0.39, 0.29) is 5.38 Å². The minimum atomic E-state index is -0.217. The molecule has 0 spiro atoms. The summed E-state index contributed by atoms with van der Waals surface area (Å²) in [6, 6.07) is 12.1. The van der Waals surface area contributed by atoms with Gasteiger partial charge in [0.15, 0.2) is 0 Å². The van der Waals surface area contributed by atoms with Crippen molar-refractivity contribution in [2.75, 3.05) is 0 Å². The van der Waals surface area contributed by atoms with Crippen LogP contribution < -0.4 is 0 Å². The lowest BCUT2D eigenvalue weighted by Gasteiger charge is -2.15. The van der Waals surface area contributed by atoms with Crippen LogP contribution in [0.2, 0.25) is 5.02 Å². The molecular weight excluding hydrogens is 331 g/mol. The molecular formula is C15H13BrCl2. The number of rotatable bonds is 2. The van der Waals surface area contributed by atoms with Crippen LogP contribution in [0.3, 0.4) is 0 Å². The molecule has 0 heterocycles. The minimum Gasteiger partial charge on any atom is -0.113 e. The smallest absolute Gasteiger partial charge is 0.0852 e. The van der Waals surface area contributed by atoms with E-state index in [2.05, 4.69) is 48.0 Å². The highest BCUT2D eigenvalue weighted by molar-refractivity contribution is 9.10. The highest BCUT2D eigenvalue weighted by Gasteiger charge is 2.16. The second kappa shape index (κ2) is 5.64. The largest absolute Gasteiger partial charge is 0.113 e. The number of hydrogen-bond donors (Lipinski definition) is 0. The fourth-order valence-electron chi connectivity index (χ4n) is 1.91. The van der Waals surface area contributed by atoms with Crippen molar-refractivity contribution in [1.82, 2.24) is 0 Å². The van der Waals surface area contributed by atoms with Crippen LogP contribution in [-0.4, -0.2) is 0 Å². The van der Waals surface area contributed by atoms with E-state index in [9.17, 15) is 0 Å². The summed E-state index contributed by atoms with van der Waals surface area (Å²) in [4.78, 5) is 0.